The Bertz CT molecular complexity index is 977. The number of fused-ring (bicyclic) bond motifs is 3. The number of aliphatic carboxylic acids is 1. The number of carboxylic acids is 1. The number of amides is 3. The van der Waals surface area contributed by atoms with Crippen LogP contribution in [-0.2, 0) is 14.4 Å². The van der Waals surface area contributed by atoms with Gasteiger partial charge in [0, 0.05) is 10.3 Å². The lowest BCUT2D eigenvalue weighted by Gasteiger charge is -2.31. The second-order valence-electron chi connectivity index (χ2n) is 10.5. The number of benzene rings is 1. The van der Waals surface area contributed by atoms with E-state index < -0.39 is 40.7 Å². The van der Waals surface area contributed by atoms with Crippen LogP contribution in [-0.4, -0.2) is 56.6 Å². The van der Waals surface area contributed by atoms with Gasteiger partial charge in [0.15, 0.2) is 0 Å². The van der Waals surface area contributed by atoms with Crippen LogP contribution in [0.15, 0.2) is 24.3 Å². The van der Waals surface area contributed by atoms with E-state index in [9.17, 15) is 24.3 Å². The highest BCUT2D eigenvalue weighted by Gasteiger charge is 2.57. The molecule has 1 saturated heterocycles. The first-order valence-corrected chi connectivity index (χ1v) is 12.6. The van der Waals surface area contributed by atoms with Crippen LogP contribution in [0.4, 0.5) is 0 Å². The molecule has 1 fully saturated rings. The normalized spacial score (nSPS) is 22.4. The van der Waals surface area contributed by atoms with Crippen LogP contribution in [0.2, 0.25) is 0 Å². The van der Waals surface area contributed by atoms with E-state index in [1.807, 2.05) is 59.7 Å². The standard InChI is InChI=1S/C25H35N3O5S/c1-13(2)11-17(20(29)27-18(24(32)33)12-14(3)4)26-21(30)19-25(5,6)34-23-16-10-8-7-9-15(16)22(31)28(19)23/h7-10,13-14,17-19,23H,11-12H2,1-6H3,(H,26,30)(H,27,29)(H,32,33)/t17-,18-,19+,23+/m0/s1. The highest BCUT2D eigenvalue weighted by Crippen LogP contribution is 2.56. The Morgan fingerprint density at radius 1 is 1.03 bits per heavy atom. The minimum Gasteiger partial charge on any atom is -0.480 e. The molecule has 2 aliphatic heterocycles. The van der Waals surface area contributed by atoms with Gasteiger partial charge in [0.05, 0.1) is 0 Å². The summed E-state index contributed by atoms with van der Waals surface area (Å²) in [5.41, 5.74) is 1.50. The van der Waals surface area contributed by atoms with Crippen molar-refractivity contribution < 1.29 is 24.3 Å². The van der Waals surface area contributed by atoms with Gasteiger partial charge < -0.3 is 20.6 Å². The maximum absolute atomic E-state index is 13.6. The van der Waals surface area contributed by atoms with Gasteiger partial charge in [-0.05, 0) is 50.2 Å². The van der Waals surface area contributed by atoms with Crippen LogP contribution in [0.25, 0.3) is 0 Å². The molecule has 0 unspecified atom stereocenters. The van der Waals surface area contributed by atoms with Gasteiger partial charge in [0.1, 0.15) is 23.5 Å². The molecule has 186 valence electrons. The maximum Gasteiger partial charge on any atom is 0.326 e. The van der Waals surface area contributed by atoms with Crippen molar-refractivity contribution in [3.63, 3.8) is 0 Å². The average Bonchev–Trinajstić information content (AvgIpc) is 3.15. The summed E-state index contributed by atoms with van der Waals surface area (Å²) >= 11 is 1.56. The molecule has 9 heteroatoms. The highest BCUT2D eigenvalue weighted by molar-refractivity contribution is 8.01. The molecule has 0 aliphatic carbocycles. The molecule has 0 radical (unpaired) electrons. The molecule has 0 bridgehead atoms. The molecule has 3 rings (SSSR count). The summed E-state index contributed by atoms with van der Waals surface area (Å²) in [4.78, 5) is 53.1. The molecule has 34 heavy (non-hydrogen) atoms. The number of nitrogens with one attached hydrogen (secondary N) is 2. The summed E-state index contributed by atoms with van der Waals surface area (Å²) in [6.07, 6.45) is 0.640. The third-order valence-electron chi connectivity index (χ3n) is 6.21. The van der Waals surface area contributed by atoms with E-state index in [0.29, 0.717) is 12.0 Å². The monoisotopic (exact) mass is 489 g/mol. The molecule has 3 amide bonds. The molecule has 8 nitrogen and oxygen atoms in total. The predicted octanol–water partition coefficient (Wildman–Crippen LogP) is 3.18. The molecular formula is C25H35N3O5S. The number of carbonyl (C=O) groups is 4. The van der Waals surface area contributed by atoms with E-state index in [-0.39, 0.29) is 29.5 Å². The number of carboxylic acid groups (broad SMARTS) is 1. The van der Waals surface area contributed by atoms with E-state index in [2.05, 4.69) is 10.6 Å². The molecule has 1 aromatic carbocycles. The largest absolute Gasteiger partial charge is 0.480 e. The van der Waals surface area contributed by atoms with Gasteiger partial charge in [0.25, 0.3) is 5.91 Å². The summed E-state index contributed by atoms with van der Waals surface area (Å²) in [6.45, 7) is 11.5. The zero-order valence-electron chi connectivity index (χ0n) is 20.6. The fraction of sp³-hybridized carbons (Fsp3) is 0.600. The number of rotatable bonds is 9. The van der Waals surface area contributed by atoms with Crippen molar-refractivity contribution >= 4 is 35.5 Å². The first-order valence-electron chi connectivity index (χ1n) is 11.8. The Hall–Kier alpha value is -2.55. The van der Waals surface area contributed by atoms with Crippen LogP contribution in [0.5, 0.6) is 0 Å². The third-order valence-corrected chi connectivity index (χ3v) is 7.74. The summed E-state index contributed by atoms with van der Waals surface area (Å²) in [5, 5.41) is 14.7. The molecule has 0 aromatic heterocycles. The number of nitrogens with zero attached hydrogens (tertiary/aromatic N) is 1. The molecule has 3 N–H and O–H groups in total. The fourth-order valence-electron chi connectivity index (χ4n) is 4.72. The number of thioether (sulfide) groups is 1. The van der Waals surface area contributed by atoms with E-state index in [4.69, 9.17) is 0 Å². The number of hydrogen-bond acceptors (Lipinski definition) is 5. The first-order chi connectivity index (χ1) is 15.8. The van der Waals surface area contributed by atoms with Crippen molar-refractivity contribution in [2.75, 3.05) is 0 Å². The molecule has 2 heterocycles. The van der Waals surface area contributed by atoms with Gasteiger partial charge in [-0.2, -0.15) is 0 Å². The third kappa shape index (κ3) is 5.24. The number of hydrogen-bond donors (Lipinski definition) is 3. The van der Waals surface area contributed by atoms with Gasteiger partial charge in [-0.15, -0.1) is 11.8 Å². The lowest BCUT2D eigenvalue weighted by Crippen LogP contribution is -2.58. The summed E-state index contributed by atoms with van der Waals surface area (Å²) in [7, 11) is 0. The van der Waals surface area contributed by atoms with Crippen LogP contribution < -0.4 is 10.6 Å². The zero-order chi connectivity index (χ0) is 25.4. The Morgan fingerprint density at radius 3 is 2.21 bits per heavy atom. The van der Waals surface area contributed by atoms with Crippen molar-refractivity contribution in [2.45, 2.75) is 82.6 Å². The maximum atomic E-state index is 13.6. The Balaban J connectivity index is 1.82. The van der Waals surface area contributed by atoms with Gasteiger partial charge in [-0.3, -0.25) is 14.4 Å². The van der Waals surface area contributed by atoms with Crippen molar-refractivity contribution in [3.05, 3.63) is 35.4 Å². The van der Waals surface area contributed by atoms with E-state index in [1.165, 1.54) is 0 Å². The predicted molar refractivity (Wildman–Crippen MR) is 131 cm³/mol. The van der Waals surface area contributed by atoms with E-state index in [0.717, 1.165) is 5.56 Å². The Labute approximate surface area is 205 Å². The summed E-state index contributed by atoms with van der Waals surface area (Å²) in [5.74, 6) is -2.06. The Morgan fingerprint density at radius 2 is 1.62 bits per heavy atom. The minimum absolute atomic E-state index is 0.0793. The molecule has 1 aromatic rings. The Kier molecular flexibility index (Phi) is 7.65. The summed E-state index contributed by atoms with van der Waals surface area (Å²) in [6, 6.07) is 4.68. The summed E-state index contributed by atoms with van der Waals surface area (Å²) < 4.78 is -0.571. The topological polar surface area (TPSA) is 116 Å². The molecule has 4 atom stereocenters. The van der Waals surface area contributed by atoms with Gasteiger partial charge in [0.2, 0.25) is 11.8 Å². The number of carbonyl (C=O) groups excluding carboxylic acids is 3. The lowest BCUT2D eigenvalue weighted by atomic mass is 9.97. The van der Waals surface area contributed by atoms with Crippen molar-refractivity contribution in [3.8, 4) is 0 Å². The quantitative estimate of drug-likeness (QED) is 0.491. The van der Waals surface area contributed by atoms with Gasteiger partial charge >= 0.3 is 5.97 Å². The lowest BCUT2D eigenvalue weighted by molar-refractivity contribution is -0.142. The highest BCUT2D eigenvalue weighted by atomic mass is 32.2. The molecular weight excluding hydrogens is 454 g/mol. The van der Waals surface area contributed by atoms with Crippen molar-refractivity contribution in [1.82, 2.24) is 15.5 Å². The molecule has 0 spiro atoms. The zero-order valence-corrected chi connectivity index (χ0v) is 21.4. The first kappa shape index (κ1) is 26.1. The van der Waals surface area contributed by atoms with E-state index >= 15 is 0 Å². The van der Waals surface area contributed by atoms with Crippen molar-refractivity contribution in [2.24, 2.45) is 11.8 Å². The van der Waals surface area contributed by atoms with Gasteiger partial charge in [-0.1, -0.05) is 45.9 Å². The smallest absolute Gasteiger partial charge is 0.326 e. The van der Waals surface area contributed by atoms with Crippen LogP contribution in [0.3, 0.4) is 0 Å². The molecule has 2 aliphatic rings. The second kappa shape index (κ2) is 9.98. The molecule has 0 saturated carbocycles. The van der Waals surface area contributed by atoms with Crippen LogP contribution in [0.1, 0.15) is 75.7 Å². The van der Waals surface area contributed by atoms with E-state index in [1.54, 1.807) is 22.7 Å². The second-order valence-corrected chi connectivity index (χ2v) is 12.2. The van der Waals surface area contributed by atoms with Crippen molar-refractivity contribution in [1.29, 1.82) is 0 Å². The van der Waals surface area contributed by atoms with Gasteiger partial charge in [-0.25, -0.2) is 4.79 Å². The van der Waals surface area contributed by atoms with Crippen LogP contribution >= 0.6 is 11.8 Å². The SMILES string of the molecule is CC(C)C[C@H](NC(=O)[C@H](CC(C)C)NC(=O)[C@H]1N2C(=O)c3ccccc3[C@H]2SC1(C)C)C(=O)O. The average molecular weight is 490 g/mol. The fourth-order valence-corrected chi connectivity index (χ4v) is 6.31. The minimum atomic E-state index is -1.10. The van der Waals surface area contributed by atoms with Crippen LogP contribution in [0, 0.1) is 11.8 Å².